The summed E-state index contributed by atoms with van der Waals surface area (Å²) in [4.78, 5) is 18.9. The number of ether oxygens (including phenoxy) is 1. The number of nitrogens with zero attached hydrogens (tertiary/aromatic N) is 2. The second-order valence-electron chi connectivity index (χ2n) is 7.79. The van der Waals surface area contributed by atoms with Crippen LogP contribution >= 0.6 is 32.9 Å². The lowest BCUT2D eigenvalue weighted by atomic mass is 9.86. The highest BCUT2D eigenvalue weighted by Crippen LogP contribution is 2.52. The molecule has 0 aliphatic carbocycles. The number of hydrogen-bond donors (Lipinski definition) is 0. The topological polar surface area (TPSA) is 32.8 Å². The number of benzene rings is 1. The lowest BCUT2D eigenvalue weighted by molar-refractivity contribution is -0.121. The summed E-state index contributed by atoms with van der Waals surface area (Å²) in [6.07, 6.45) is 0. The molecule has 1 aromatic heterocycles. The highest BCUT2D eigenvalue weighted by molar-refractivity contribution is 7.80. The molecule has 27 heavy (non-hydrogen) atoms. The Kier molecular flexibility index (Phi) is 5.01. The van der Waals surface area contributed by atoms with Gasteiger partial charge in [-0.25, -0.2) is 0 Å². The van der Waals surface area contributed by atoms with E-state index in [4.69, 9.17) is 17.0 Å². The third-order valence-electron chi connectivity index (χ3n) is 5.58. The minimum absolute atomic E-state index is 0.140. The van der Waals surface area contributed by atoms with Gasteiger partial charge in [0.2, 0.25) is 5.91 Å². The van der Waals surface area contributed by atoms with Gasteiger partial charge in [0.05, 0.1) is 35.9 Å². The van der Waals surface area contributed by atoms with Gasteiger partial charge in [-0.3, -0.25) is 9.69 Å². The largest absolute Gasteiger partial charge is 0.379 e. The van der Waals surface area contributed by atoms with Crippen molar-refractivity contribution in [2.45, 2.75) is 33.2 Å². The van der Waals surface area contributed by atoms with Gasteiger partial charge >= 0.3 is 0 Å². The van der Waals surface area contributed by atoms with Crippen LogP contribution in [0.5, 0.6) is 0 Å². The number of hydrogen-bond acceptors (Lipinski definition) is 6. The van der Waals surface area contributed by atoms with Crippen LogP contribution in [-0.4, -0.2) is 43.7 Å². The first kappa shape index (κ1) is 19.2. The quantitative estimate of drug-likeness (QED) is 0.519. The number of carbonyl (C=O) groups is 1. The average molecular weight is 421 g/mol. The van der Waals surface area contributed by atoms with Crippen LogP contribution in [0.3, 0.4) is 0 Å². The van der Waals surface area contributed by atoms with E-state index in [-0.39, 0.29) is 5.91 Å². The molecule has 7 heteroatoms. The summed E-state index contributed by atoms with van der Waals surface area (Å²) in [5, 5.41) is 0. The van der Waals surface area contributed by atoms with Crippen LogP contribution < -0.4 is 4.90 Å². The van der Waals surface area contributed by atoms with Crippen LogP contribution in [0.4, 0.5) is 5.69 Å². The van der Waals surface area contributed by atoms with Crippen molar-refractivity contribution in [3.8, 4) is 11.1 Å². The molecule has 1 aromatic carbocycles. The van der Waals surface area contributed by atoms with E-state index in [2.05, 4.69) is 44.7 Å². The van der Waals surface area contributed by atoms with Crippen LogP contribution in [0, 0.1) is 17.7 Å². The highest BCUT2D eigenvalue weighted by atomic mass is 32.9. The van der Waals surface area contributed by atoms with Crippen molar-refractivity contribution in [3.63, 3.8) is 0 Å². The molecule has 1 saturated heterocycles. The van der Waals surface area contributed by atoms with Gasteiger partial charge in [0.1, 0.15) is 3.82 Å². The Hall–Kier alpha value is -1.12. The normalized spacial score (nSPS) is 18.9. The Balaban J connectivity index is 1.83. The molecule has 2 aromatic rings. The zero-order valence-corrected chi connectivity index (χ0v) is 18.6. The SMILES string of the molecule is Cc1cc2c(cc1C)N(C(=O)CN1CCOCC1)C(C)(C)c1ssc(=S)c1-2. The van der Waals surface area contributed by atoms with Gasteiger partial charge in [-0.1, -0.05) is 32.9 Å². The van der Waals surface area contributed by atoms with E-state index in [1.165, 1.54) is 16.0 Å². The summed E-state index contributed by atoms with van der Waals surface area (Å²) in [5.74, 6) is 0.140. The third kappa shape index (κ3) is 3.19. The molecule has 0 bridgehead atoms. The Morgan fingerprint density at radius 3 is 2.56 bits per heavy atom. The first-order valence-electron chi connectivity index (χ1n) is 9.19. The maximum atomic E-state index is 13.5. The van der Waals surface area contributed by atoms with E-state index < -0.39 is 5.54 Å². The number of carbonyl (C=O) groups excluding carboxylic acids is 1. The molecule has 0 atom stereocenters. The monoisotopic (exact) mass is 420 g/mol. The fourth-order valence-electron chi connectivity index (χ4n) is 3.95. The van der Waals surface area contributed by atoms with E-state index in [0.29, 0.717) is 19.8 Å². The molecule has 2 aliphatic heterocycles. The predicted octanol–water partition coefficient (Wildman–Crippen LogP) is 4.74. The third-order valence-corrected chi connectivity index (χ3v) is 8.91. The summed E-state index contributed by atoms with van der Waals surface area (Å²) in [7, 11) is 3.35. The van der Waals surface area contributed by atoms with Crippen LogP contribution in [0.25, 0.3) is 11.1 Å². The minimum Gasteiger partial charge on any atom is -0.379 e. The minimum atomic E-state index is -0.411. The molecule has 1 fully saturated rings. The maximum Gasteiger partial charge on any atom is 0.241 e. The zero-order valence-electron chi connectivity index (χ0n) is 16.1. The van der Waals surface area contributed by atoms with Gasteiger partial charge in [0, 0.05) is 24.2 Å². The molecular weight excluding hydrogens is 396 g/mol. The standard InChI is InChI=1S/C20H24N2O2S3/c1-12-9-14-15(10-13(12)2)22(16(23)11-21-5-7-24-8-6-21)20(3,4)18-17(14)19(25)27-26-18/h9-10H,5-8,11H2,1-4H3. The van der Waals surface area contributed by atoms with E-state index in [1.807, 2.05) is 4.90 Å². The Morgan fingerprint density at radius 2 is 1.85 bits per heavy atom. The van der Waals surface area contributed by atoms with Crippen LogP contribution in [-0.2, 0) is 15.1 Å². The van der Waals surface area contributed by atoms with Gasteiger partial charge in [-0.15, -0.1) is 0 Å². The fraction of sp³-hybridized carbons (Fsp3) is 0.500. The number of rotatable bonds is 2. The van der Waals surface area contributed by atoms with Crippen molar-refractivity contribution in [1.82, 2.24) is 4.90 Å². The Morgan fingerprint density at radius 1 is 1.19 bits per heavy atom. The molecule has 0 saturated carbocycles. The van der Waals surface area contributed by atoms with Gasteiger partial charge in [0.15, 0.2) is 0 Å². The summed E-state index contributed by atoms with van der Waals surface area (Å²) >= 11 is 5.67. The number of morpholine rings is 1. The Labute approximate surface area is 172 Å². The molecule has 0 radical (unpaired) electrons. The second-order valence-corrected chi connectivity index (χ2v) is 10.6. The highest BCUT2D eigenvalue weighted by Gasteiger charge is 2.43. The summed E-state index contributed by atoms with van der Waals surface area (Å²) in [6.45, 7) is 11.9. The van der Waals surface area contributed by atoms with Crippen molar-refractivity contribution in [2.75, 3.05) is 37.7 Å². The van der Waals surface area contributed by atoms with Crippen molar-refractivity contribution < 1.29 is 9.53 Å². The second kappa shape index (κ2) is 7.04. The maximum absolute atomic E-state index is 13.5. The summed E-state index contributed by atoms with van der Waals surface area (Å²) < 4.78 is 6.35. The van der Waals surface area contributed by atoms with Crippen molar-refractivity contribution in [3.05, 3.63) is 32.0 Å². The molecule has 0 spiro atoms. The molecule has 1 amide bonds. The van der Waals surface area contributed by atoms with Crippen LogP contribution in [0.2, 0.25) is 0 Å². The number of fused-ring (bicyclic) bond motifs is 3. The van der Waals surface area contributed by atoms with Crippen molar-refractivity contribution in [2.24, 2.45) is 0 Å². The number of aryl methyl sites for hydroxylation is 2. The zero-order chi connectivity index (χ0) is 19.3. The summed E-state index contributed by atoms with van der Waals surface area (Å²) in [5.41, 5.74) is 5.26. The van der Waals surface area contributed by atoms with Crippen LogP contribution in [0.1, 0.15) is 29.9 Å². The molecule has 144 valence electrons. The van der Waals surface area contributed by atoms with Gasteiger partial charge in [-0.2, -0.15) is 0 Å². The van der Waals surface area contributed by atoms with Gasteiger partial charge in [0.25, 0.3) is 0 Å². The lowest BCUT2D eigenvalue weighted by Crippen LogP contribution is -2.52. The number of anilines is 1. The van der Waals surface area contributed by atoms with Crippen molar-refractivity contribution >= 4 is 44.5 Å². The van der Waals surface area contributed by atoms with E-state index in [9.17, 15) is 4.79 Å². The first-order valence-corrected chi connectivity index (χ1v) is 11.7. The summed E-state index contributed by atoms with van der Waals surface area (Å²) in [6, 6.07) is 4.35. The van der Waals surface area contributed by atoms with Gasteiger partial charge in [-0.05, 0) is 51.0 Å². The lowest BCUT2D eigenvalue weighted by Gasteiger charge is -2.44. The molecule has 0 unspecified atom stereocenters. The smallest absolute Gasteiger partial charge is 0.241 e. The van der Waals surface area contributed by atoms with Crippen molar-refractivity contribution in [1.29, 1.82) is 0 Å². The van der Waals surface area contributed by atoms with Gasteiger partial charge < -0.3 is 9.64 Å². The van der Waals surface area contributed by atoms with E-state index >= 15 is 0 Å². The number of amides is 1. The fourth-order valence-corrected chi connectivity index (χ4v) is 7.23. The molecule has 4 rings (SSSR count). The first-order chi connectivity index (χ1) is 12.8. The molecule has 4 nitrogen and oxygen atoms in total. The molecule has 2 aliphatic rings. The van der Waals surface area contributed by atoms with E-state index in [0.717, 1.165) is 33.7 Å². The Bertz CT molecular complexity index is 955. The van der Waals surface area contributed by atoms with Crippen LogP contribution in [0.15, 0.2) is 12.1 Å². The molecular formula is C20H24N2O2S3. The average Bonchev–Trinajstić information content (AvgIpc) is 3.01. The molecule has 0 N–H and O–H groups in total. The predicted molar refractivity (Wildman–Crippen MR) is 116 cm³/mol. The molecule has 3 heterocycles. The van der Waals surface area contributed by atoms with E-state index in [1.54, 1.807) is 20.7 Å².